The highest BCUT2D eigenvalue weighted by atomic mass is 35.5. The lowest BCUT2D eigenvalue weighted by Gasteiger charge is -2.16. The predicted octanol–water partition coefficient (Wildman–Crippen LogP) is 4.27. The molecule has 1 heterocycles. The smallest absolute Gasteiger partial charge is 0.124 e. The Balaban J connectivity index is 2.11. The Kier molecular flexibility index (Phi) is 2.86. The van der Waals surface area contributed by atoms with Crippen LogP contribution in [-0.4, -0.2) is 9.55 Å². The van der Waals surface area contributed by atoms with Crippen molar-refractivity contribution in [2.75, 3.05) is 0 Å². The number of aryl methyl sites for hydroxylation is 1. The third kappa shape index (κ3) is 1.83. The predicted molar refractivity (Wildman–Crippen MR) is 76.0 cm³/mol. The molecule has 0 amide bonds. The van der Waals surface area contributed by atoms with Gasteiger partial charge in [-0.05, 0) is 43.2 Å². The van der Waals surface area contributed by atoms with Gasteiger partial charge in [0.05, 0.1) is 16.9 Å². The van der Waals surface area contributed by atoms with Crippen molar-refractivity contribution in [2.24, 2.45) is 5.41 Å². The molecular formula is C15H19ClN2. The summed E-state index contributed by atoms with van der Waals surface area (Å²) >= 11 is 6.07. The number of hydrogen-bond donors (Lipinski definition) is 0. The van der Waals surface area contributed by atoms with E-state index >= 15 is 0 Å². The lowest BCUT2D eigenvalue weighted by atomic mass is 10.0. The van der Waals surface area contributed by atoms with Crippen molar-refractivity contribution < 1.29 is 0 Å². The summed E-state index contributed by atoms with van der Waals surface area (Å²) in [5, 5.41) is 0. The highest BCUT2D eigenvalue weighted by Crippen LogP contribution is 2.50. The molecular weight excluding hydrogens is 244 g/mol. The van der Waals surface area contributed by atoms with Crippen molar-refractivity contribution in [3.8, 4) is 0 Å². The van der Waals surface area contributed by atoms with Crippen LogP contribution in [0.2, 0.25) is 0 Å². The average Bonchev–Trinajstić information content (AvgIpc) is 3.07. The number of para-hydroxylation sites is 1. The van der Waals surface area contributed by atoms with Crippen molar-refractivity contribution in [3.05, 3.63) is 29.6 Å². The molecule has 0 saturated heterocycles. The molecule has 1 aliphatic rings. The second-order valence-electron chi connectivity index (χ2n) is 5.54. The molecule has 0 spiro atoms. The average molecular weight is 263 g/mol. The van der Waals surface area contributed by atoms with E-state index in [1.54, 1.807) is 0 Å². The number of hydrogen-bond acceptors (Lipinski definition) is 1. The van der Waals surface area contributed by atoms with E-state index in [0.717, 1.165) is 17.9 Å². The van der Waals surface area contributed by atoms with Crippen LogP contribution in [-0.2, 0) is 12.4 Å². The van der Waals surface area contributed by atoms with Gasteiger partial charge >= 0.3 is 0 Å². The minimum atomic E-state index is 0.494. The molecule has 1 saturated carbocycles. The second-order valence-corrected chi connectivity index (χ2v) is 5.81. The summed E-state index contributed by atoms with van der Waals surface area (Å²) in [5.74, 6) is 1.51. The maximum atomic E-state index is 6.07. The SMILES string of the molecule is CCC1(Cn2c(CCl)nc3c(C)cccc32)CC1. The summed E-state index contributed by atoms with van der Waals surface area (Å²) in [6.07, 6.45) is 3.94. The van der Waals surface area contributed by atoms with Crippen LogP contribution in [0.5, 0.6) is 0 Å². The number of nitrogens with zero attached hydrogens (tertiary/aromatic N) is 2. The quantitative estimate of drug-likeness (QED) is 0.753. The molecule has 0 N–H and O–H groups in total. The lowest BCUT2D eigenvalue weighted by molar-refractivity contribution is 0.410. The first-order valence-corrected chi connectivity index (χ1v) is 7.23. The van der Waals surface area contributed by atoms with Gasteiger partial charge in [0, 0.05) is 6.54 Å². The van der Waals surface area contributed by atoms with Gasteiger partial charge in [-0.3, -0.25) is 0 Å². The van der Waals surface area contributed by atoms with Crippen molar-refractivity contribution in [1.82, 2.24) is 9.55 Å². The van der Waals surface area contributed by atoms with E-state index in [0.29, 0.717) is 11.3 Å². The van der Waals surface area contributed by atoms with E-state index in [4.69, 9.17) is 16.6 Å². The van der Waals surface area contributed by atoms with E-state index in [1.807, 2.05) is 0 Å². The summed E-state index contributed by atoms with van der Waals surface area (Å²) in [7, 11) is 0. The molecule has 2 nitrogen and oxygen atoms in total. The van der Waals surface area contributed by atoms with Gasteiger partial charge in [0.2, 0.25) is 0 Å². The molecule has 2 aromatic rings. The van der Waals surface area contributed by atoms with Gasteiger partial charge in [-0.15, -0.1) is 11.6 Å². The molecule has 1 aliphatic carbocycles. The molecule has 18 heavy (non-hydrogen) atoms. The number of alkyl halides is 1. The minimum absolute atomic E-state index is 0.494. The Labute approximate surface area is 113 Å². The van der Waals surface area contributed by atoms with Crippen LogP contribution in [0.1, 0.15) is 37.6 Å². The van der Waals surface area contributed by atoms with E-state index in [1.165, 1.54) is 30.3 Å². The summed E-state index contributed by atoms with van der Waals surface area (Å²) in [6.45, 7) is 5.48. The number of aromatic nitrogens is 2. The number of benzene rings is 1. The first kappa shape index (κ1) is 12.0. The largest absolute Gasteiger partial charge is 0.326 e. The molecule has 0 radical (unpaired) electrons. The van der Waals surface area contributed by atoms with Gasteiger partial charge in [0.15, 0.2) is 0 Å². The molecule has 3 heteroatoms. The van der Waals surface area contributed by atoms with Gasteiger partial charge in [0.1, 0.15) is 5.82 Å². The molecule has 1 aromatic carbocycles. The molecule has 1 fully saturated rings. The topological polar surface area (TPSA) is 17.8 Å². The minimum Gasteiger partial charge on any atom is -0.326 e. The fraction of sp³-hybridized carbons (Fsp3) is 0.533. The maximum absolute atomic E-state index is 6.07. The first-order valence-electron chi connectivity index (χ1n) is 6.70. The molecule has 0 bridgehead atoms. The van der Waals surface area contributed by atoms with Crippen LogP contribution in [0.15, 0.2) is 18.2 Å². The summed E-state index contributed by atoms with van der Waals surface area (Å²) in [6, 6.07) is 6.39. The van der Waals surface area contributed by atoms with Crippen LogP contribution in [0.4, 0.5) is 0 Å². The van der Waals surface area contributed by atoms with Gasteiger partial charge < -0.3 is 4.57 Å². The molecule has 96 valence electrons. The fourth-order valence-corrected chi connectivity index (χ4v) is 2.95. The number of fused-ring (bicyclic) bond motifs is 1. The van der Waals surface area contributed by atoms with Crippen LogP contribution >= 0.6 is 11.6 Å². The highest BCUT2D eigenvalue weighted by molar-refractivity contribution is 6.16. The van der Waals surface area contributed by atoms with E-state index in [2.05, 4.69) is 36.6 Å². The molecule has 0 aliphatic heterocycles. The van der Waals surface area contributed by atoms with Crippen LogP contribution in [0.3, 0.4) is 0 Å². The Hall–Kier alpha value is -1.02. The van der Waals surface area contributed by atoms with Crippen LogP contribution in [0.25, 0.3) is 11.0 Å². The van der Waals surface area contributed by atoms with Crippen molar-refractivity contribution in [3.63, 3.8) is 0 Å². The van der Waals surface area contributed by atoms with Crippen LogP contribution < -0.4 is 0 Å². The Morgan fingerprint density at radius 1 is 1.39 bits per heavy atom. The third-order valence-electron chi connectivity index (χ3n) is 4.38. The van der Waals surface area contributed by atoms with E-state index in [-0.39, 0.29) is 0 Å². The van der Waals surface area contributed by atoms with Crippen molar-refractivity contribution in [1.29, 1.82) is 0 Å². The molecule has 3 rings (SSSR count). The molecule has 1 aromatic heterocycles. The third-order valence-corrected chi connectivity index (χ3v) is 4.62. The fourth-order valence-electron chi connectivity index (χ4n) is 2.75. The zero-order valence-electron chi connectivity index (χ0n) is 11.0. The molecule has 0 atom stereocenters. The monoisotopic (exact) mass is 262 g/mol. The van der Waals surface area contributed by atoms with Gasteiger partial charge in [-0.1, -0.05) is 19.1 Å². The van der Waals surface area contributed by atoms with E-state index in [9.17, 15) is 0 Å². The zero-order valence-corrected chi connectivity index (χ0v) is 11.8. The Bertz CT molecular complexity index is 581. The maximum Gasteiger partial charge on any atom is 0.124 e. The Morgan fingerprint density at radius 3 is 2.78 bits per heavy atom. The Morgan fingerprint density at radius 2 is 2.17 bits per heavy atom. The van der Waals surface area contributed by atoms with Crippen molar-refractivity contribution >= 4 is 22.6 Å². The van der Waals surface area contributed by atoms with Gasteiger partial charge in [0.25, 0.3) is 0 Å². The number of halogens is 1. The van der Waals surface area contributed by atoms with E-state index < -0.39 is 0 Å². The number of rotatable bonds is 4. The number of imidazole rings is 1. The highest BCUT2D eigenvalue weighted by Gasteiger charge is 2.41. The normalized spacial score (nSPS) is 17.3. The second kappa shape index (κ2) is 4.27. The van der Waals surface area contributed by atoms with Crippen molar-refractivity contribution in [2.45, 2.75) is 45.5 Å². The lowest BCUT2D eigenvalue weighted by Crippen LogP contribution is -2.12. The summed E-state index contributed by atoms with van der Waals surface area (Å²) < 4.78 is 2.34. The first-order chi connectivity index (χ1) is 8.69. The summed E-state index contributed by atoms with van der Waals surface area (Å²) in [5.41, 5.74) is 4.10. The summed E-state index contributed by atoms with van der Waals surface area (Å²) in [4.78, 5) is 4.71. The molecule has 0 unspecified atom stereocenters. The zero-order chi connectivity index (χ0) is 12.8. The van der Waals surface area contributed by atoms with Gasteiger partial charge in [-0.25, -0.2) is 4.98 Å². The van der Waals surface area contributed by atoms with Crippen LogP contribution in [0, 0.1) is 12.3 Å². The van der Waals surface area contributed by atoms with Gasteiger partial charge in [-0.2, -0.15) is 0 Å². The standard InChI is InChI=1S/C15H19ClN2/c1-3-15(7-8-15)10-18-12-6-4-5-11(2)14(12)17-13(18)9-16/h4-6H,3,7-10H2,1-2H3.